The lowest BCUT2D eigenvalue weighted by Crippen LogP contribution is -2.39. The van der Waals surface area contributed by atoms with Gasteiger partial charge in [-0.25, -0.2) is 0 Å². The van der Waals surface area contributed by atoms with Crippen LogP contribution in [0.1, 0.15) is 66.2 Å². The summed E-state index contributed by atoms with van der Waals surface area (Å²) >= 11 is 4.92. The fourth-order valence-corrected chi connectivity index (χ4v) is 6.18. The molecule has 0 radical (unpaired) electrons. The molecule has 0 saturated carbocycles. The van der Waals surface area contributed by atoms with E-state index >= 15 is 0 Å². The molecule has 0 spiro atoms. The van der Waals surface area contributed by atoms with Gasteiger partial charge in [0.15, 0.2) is 8.32 Å². The maximum Gasteiger partial charge on any atom is 0.192 e. The molecule has 1 atom stereocenters. The molecule has 0 aliphatic heterocycles. The molecule has 0 heterocycles. The number of hydrogen-bond acceptors (Lipinski definition) is 1. The molecule has 0 N–H and O–H groups in total. The highest BCUT2D eigenvalue weighted by Crippen LogP contribution is 2.27. The molecule has 0 aromatic heterocycles. The van der Waals surface area contributed by atoms with Gasteiger partial charge in [-0.2, -0.15) is 0 Å². The van der Waals surface area contributed by atoms with Gasteiger partial charge in [0, 0.05) is 4.43 Å². The van der Waals surface area contributed by atoms with E-state index in [1.165, 1.54) is 60.2 Å². The first-order valence-electron chi connectivity index (χ1n) is 8.67. The van der Waals surface area contributed by atoms with Gasteiger partial charge in [0.25, 0.3) is 0 Å². The monoisotopic (exact) mass is 536 g/mol. The lowest BCUT2D eigenvalue weighted by Gasteiger charge is -2.32. The van der Waals surface area contributed by atoms with Crippen molar-refractivity contribution in [1.29, 1.82) is 0 Å². The molecule has 0 fully saturated rings. The van der Waals surface area contributed by atoms with E-state index in [2.05, 4.69) is 79.0 Å². The van der Waals surface area contributed by atoms with Crippen molar-refractivity contribution in [3.63, 3.8) is 0 Å². The minimum Gasteiger partial charge on any atom is -0.411 e. The Kier molecular flexibility index (Phi) is 14.7. The zero-order valence-corrected chi connectivity index (χ0v) is 19.7. The first kappa shape index (κ1) is 22.4. The third-order valence-corrected chi connectivity index (χ3v) is 12.1. The summed E-state index contributed by atoms with van der Waals surface area (Å²) in [6.45, 7) is 9.25. The Morgan fingerprint density at radius 1 is 1.00 bits per heavy atom. The Hall–Kier alpha value is 1.38. The zero-order chi connectivity index (χ0) is 16.1. The Labute approximate surface area is 161 Å². The Bertz CT molecular complexity index is 270. The van der Waals surface area contributed by atoms with Gasteiger partial charge in [-0.15, -0.1) is 0 Å². The molecule has 4 heteroatoms. The smallest absolute Gasteiger partial charge is 0.192 e. The van der Waals surface area contributed by atoms with Crippen molar-refractivity contribution in [2.24, 2.45) is 0 Å². The van der Waals surface area contributed by atoms with Crippen LogP contribution in [-0.2, 0) is 4.43 Å². The molecular weight excluding hydrogens is 502 g/mol. The van der Waals surface area contributed by atoms with E-state index < -0.39 is 8.32 Å². The highest BCUT2D eigenvalue weighted by atomic mass is 127. The van der Waals surface area contributed by atoms with Crippen LogP contribution in [0.15, 0.2) is 9.66 Å². The maximum atomic E-state index is 6.72. The highest BCUT2D eigenvalue weighted by Gasteiger charge is 2.31. The van der Waals surface area contributed by atoms with Gasteiger partial charge in [-0.1, -0.05) is 82.4 Å². The van der Waals surface area contributed by atoms with Gasteiger partial charge in [0.1, 0.15) is 0 Å². The fourth-order valence-electron chi connectivity index (χ4n) is 2.69. The van der Waals surface area contributed by atoms with E-state index in [0.29, 0.717) is 6.10 Å². The number of allylic oxidation sites excluding steroid dienone is 1. The van der Waals surface area contributed by atoms with Gasteiger partial charge >= 0.3 is 0 Å². The quantitative estimate of drug-likeness (QED) is 0.103. The molecule has 21 heavy (non-hydrogen) atoms. The number of halogens is 2. The minimum absolute atomic E-state index is 0.361. The molecule has 0 rings (SSSR count). The SMILES string of the molecule is CCCCCCCC(/C=C(\I)CI)O[Si](CC)(CC)CC. The number of unbranched alkanes of at least 4 members (excludes halogenated alkanes) is 4. The molecule has 126 valence electrons. The van der Waals surface area contributed by atoms with Gasteiger partial charge in [0.2, 0.25) is 0 Å². The molecule has 1 nitrogen and oxygen atoms in total. The normalized spacial score (nSPS) is 14.5. The molecule has 0 saturated heterocycles. The Balaban J connectivity index is 4.58. The van der Waals surface area contributed by atoms with Gasteiger partial charge in [-0.3, -0.25) is 0 Å². The standard InChI is InChI=1S/C17H34I2OSi/c1-5-9-10-11-12-13-17(14-16(19)15-18)20-21(6-2,7-3)8-4/h14,17H,5-13,15H2,1-4H3/b16-14-. The summed E-state index contributed by atoms with van der Waals surface area (Å²) in [5.41, 5.74) is 0. The van der Waals surface area contributed by atoms with Crippen LogP contribution >= 0.6 is 45.2 Å². The summed E-state index contributed by atoms with van der Waals surface area (Å²) in [7, 11) is -1.49. The first-order valence-corrected chi connectivity index (χ1v) is 13.8. The van der Waals surface area contributed by atoms with Crippen molar-refractivity contribution in [3.05, 3.63) is 9.66 Å². The average molecular weight is 536 g/mol. The first-order chi connectivity index (χ1) is 10.1. The van der Waals surface area contributed by atoms with Crippen LogP contribution in [0.3, 0.4) is 0 Å². The Morgan fingerprint density at radius 3 is 2.05 bits per heavy atom. The molecular formula is C17H34I2OSi. The van der Waals surface area contributed by atoms with Crippen molar-refractivity contribution in [3.8, 4) is 0 Å². The number of alkyl halides is 1. The van der Waals surface area contributed by atoms with Crippen LogP contribution in [0, 0.1) is 0 Å². The second-order valence-corrected chi connectivity index (χ2v) is 12.7. The topological polar surface area (TPSA) is 9.23 Å². The molecule has 0 bridgehead atoms. The minimum atomic E-state index is -1.49. The summed E-state index contributed by atoms with van der Waals surface area (Å²) in [5, 5.41) is 0. The third kappa shape index (κ3) is 9.97. The largest absolute Gasteiger partial charge is 0.411 e. The van der Waals surface area contributed by atoms with Crippen LogP contribution in [0.2, 0.25) is 18.1 Å². The zero-order valence-electron chi connectivity index (χ0n) is 14.4. The van der Waals surface area contributed by atoms with Crippen LogP contribution in [0.5, 0.6) is 0 Å². The van der Waals surface area contributed by atoms with E-state index in [1.54, 1.807) is 0 Å². The highest BCUT2D eigenvalue weighted by molar-refractivity contribution is 14.1. The second-order valence-electron chi connectivity index (χ2n) is 5.85. The summed E-state index contributed by atoms with van der Waals surface area (Å²) in [5.74, 6) is 0. The molecule has 1 unspecified atom stereocenters. The predicted molar refractivity (Wildman–Crippen MR) is 116 cm³/mol. The van der Waals surface area contributed by atoms with Gasteiger partial charge in [-0.05, 0) is 56.8 Å². The fraction of sp³-hybridized carbons (Fsp3) is 0.882. The van der Waals surface area contributed by atoms with E-state index in [1.807, 2.05) is 0 Å². The molecule has 0 aliphatic carbocycles. The van der Waals surface area contributed by atoms with Crippen LogP contribution in [0.4, 0.5) is 0 Å². The van der Waals surface area contributed by atoms with E-state index in [-0.39, 0.29) is 0 Å². The third-order valence-electron chi connectivity index (χ3n) is 4.42. The van der Waals surface area contributed by atoms with Crippen molar-refractivity contribution in [2.75, 3.05) is 4.43 Å². The second kappa shape index (κ2) is 13.8. The van der Waals surface area contributed by atoms with Crippen molar-refractivity contribution in [2.45, 2.75) is 90.5 Å². The number of rotatable bonds is 13. The number of hydrogen-bond donors (Lipinski definition) is 0. The van der Waals surface area contributed by atoms with Crippen LogP contribution < -0.4 is 0 Å². The summed E-state index contributed by atoms with van der Waals surface area (Å²) in [6, 6.07) is 3.75. The predicted octanol–water partition coefficient (Wildman–Crippen LogP) is 7.49. The van der Waals surface area contributed by atoms with E-state index in [0.717, 1.165) is 4.43 Å². The van der Waals surface area contributed by atoms with Gasteiger partial charge in [0.05, 0.1) is 6.10 Å². The molecule has 0 aromatic carbocycles. The molecule has 0 amide bonds. The molecule has 0 aromatic rings. The van der Waals surface area contributed by atoms with Crippen molar-refractivity contribution < 1.29 is 4.43 Å². The summed E-state index contributed by atoms with van der Waals surface area (Å²) < 4.78 is 9.27. The van der Waals surface area contributed by atoms with Crippen LogP contribution in [0.25, 0.3) is 0 Å². The van der Waals surface area contributed by atoms with Gasteiger partial charge < -0.3 is 4.43 Å². The Morgan fingerprint density at radius 2 is 1.57 bits per heavy atom. The summed E-state index contributed by atoms with van der Waals surface area (Å²) in [4.78, 5) is 0. The lowest BCUT2D eigenvalue weighted by molar-refractivity contribution is 0.217. The van der Waals surface area contributed by atoms with Crippen molar-refractivity contribution in [1.82, 2.24) is 0 Å². The maximum absolute atomic E-state index is 6.72. The summed E-state index contributed by atoms with van der Waals surface area (Å²) in [6.07, 6.45) is 10.7. The van der Waals surface area contributed by atoms with E-state index in [4.69, 9.17) is 4.43 Å². The van der Waals surface area contributed by atoms with Crippen LogP contribution in [-0.4, -0.2) is 18.8 Å². The lowest BCUT2D eigenvalue weighted by atomic mass is 10.1. The van der Waals surface area contributed by atoms with E-state index in [9.17, 15) is 0 Å². The van der Waals surface area contributed by atoms with Crippen molar-refractivity contribution >= 4 is 53.5 Å². The molecule has 0 aliphatic rings. The average Bonchev–Trinajstić information content (AvgIpc) is 2.52.